The predicted molar refractivity (Wildman–Crippen MR) is 119 cm³/mol. The molecule has 12 heteroatoms. The number of halogens is 3. The van der Waals surface area contributed by atoms with Gasteiger partial charge < -0.3 is 20.5 Å². The number of hydrogen-bond donors (Lipinski definition) is 2. The van der Waals surface area contributed by atoms with Crippen LogP contribution in [0.25, 0.3) is 10.2 Å². The fourth-order valence-electron chi connectivity index (χ4n) is 2.81. The molecule has 0 fully saturated rings. The van der Waals surface area contributed by atoms with Gasteiger partial charge in [-0.25, -0.2) is 9.97 Å². The third kappa shape index (κ3) is 5.61. The third-order valence-electron chi connectivity index (χ3n) is 4.49. The normalized spacial score (nSPS) is 11.7. The predicted octanol–water partition coefficient (Wildman–Crippen LogP) is 4.67. The van der Waals surface area contributed by atoms with Crippen molar-refractivity contribution in [1.29, 1.82) is 0 Å². The molecule has 0 aliphatic heterocycles. The first kappa shape index (κ1) is 24.1. The number of anilines is 2. The molecule has 1 aromatic carbocycles. The number of thioether (sulfide) groups is 1. The van der Waals surface area contributed by atoms with Crippen molar-refractivity contribution in [3.05, 3.63) is 34.2 Å². The number of carbonyl (C=O) groups is 1. The van der Waals surface area contributed by atoms with Gasteiger partial charge in [-0.2, -0.15) is 13.2 Å². The Kier molecular flexibility index (Phi) is 7.47. The minimum absolute atomic E-state index is 0.0816. The van der Waals surface area contributed by atoms with Crippen molar-refractivity contribution in [3.63, 3.8) is 0 Å². The summed E-state index contributed by atoms with van der Waals surface area (Å²) in [7, 11) is 1.47. The molecule has 0 aliphatic carbocycles. The molecule has 0 aliphatic rings. The number of aromatic nitrogens is 2. The van der Waals surface area contributed by atoms with E-state index in [0.717, 1.165) is 44.6 Å². The average Bonchev–Trinajstić information content (AvgIpc) is 3.01. The Morgan fingerprint density at radius 3 is 2.69 bits per heavy atom. The van der Waals surface area contributed by atoms with Gasteiger partial charge in [0.2, 0.25) is 5.91 Å². The number of hydrogen-bond acceptors (Lipinski definition) is 8. The molecular weight excluding hydrogens is 465 g/mol. The van der Waals surface area contributed by atoms with Gasteiger partial charge >= 0.3 is 6.18 Å². The zero-order valence-corrected chi connectivity index (χ0v) is 19.1. The van der Waals surface area contributed by atoms with Crippen LogP contribution in [0.15, 0.2) is 23.4 Å². The van der Waals surface area contributed by atoms with Crippen LogP contribution in [0.5, 0.6) is 5.75 Å². The summed E-state index contributed by atoms with van der Waals surface area (Å²) < 4.78 is 49.6. The van der Waals surface area contributed by atoms with Crippen molar-refractivity contribution >= 4 is 50.7 Å². The standard InChI is InChI=1S/C20H21F3N4O3S2/c1-10-11(2)32-18-16(10)17(24)26-19(27-18)31-9-15(28)25-13-8-12(20(21,22)23)4-5-14(13)30-7-6-29-3/h4-5,8H,6-7,9H2,1-3H3,(H,25,28)(H2,24,26,27). The number of nitrogens with zero attached hydrogens (tertiary/aromatic N) is 2. The molecule has 0 saturated heterocycles. The number of amides is 1. The Bertz CT molecular complexity index is 1140. The molecule has 3 N–H and O–H groups in total. The number of methoxy groups -OCH3 is 1. The second-order valence-corrected chi connectivity index (χ2v) is 8.89. The maximum Gasteiger partial charge on any atom is 0.416 e. The largest absolute Gasteiger partial charge is 0.489 e. The molecule has 0 atom stereocenters. The number of ether oxygens (including phenoxy) is 2. The van der Waals surface area contributed by atoms with Crippen molar-refractivity contribution in [1.82, 2.24) is 9.97 Å². The highest BCUT2D eigenvalue weighted by atomic mass is 32.2. The molecule has 7 nitrogen and oxygen atoms in total. The molecule has 0 radical (unpaired) electrons. The van der Waals surface area contributed by atoms with E-state index in [1.54, 1.807) is 0 Å². The van der Waals surface area contributed by atoms with Gasteiger partial charge in [-0.15, -0.1) is 11.3 Å². The molecule has 172 valence electrons. The Labute approximate surface area is 190 Å². The lowest BCUT2D eigenvalue weighted by Crippen LogP contribution is -2.17. The molecule has 1 amide bonds. The Balaban J connectivity index is 1.74. The lowest BCUT2D eigenvalue weighted by Gasteiger charge is -2.15. The monoisotopic (exact) mass is 486 g/mol. The van der Waals surface area contributed by atoms with Gasteiger partial charge in [0.05, 0.1) is 29.0 Å². The topological polar surface area (TPSA) is 99.4 Å². The molecule has 0 bridgehead atoms. The minimum atomic E-state index is -4.56. The van der Waals surface area contributed by atoms with E-state index in [-0.39, 0.29) is 30.4 Å². The van der Waals surface area contributed by atoms with Crippen molar-refractivity contribution in [3.8, 4) is 5.75 Å². The summed E-state index contributed by atoms with van der Waals surface area (Å²) in [6, 6.07) is 2.90. The number of aryl methyl sites for hydroxylation is 2. The van der Waals surface area contributed by atoms with Crippen LogP contribution < -0.4 is 15.8 Å². The molecular formula is C20H21F3N4O3S2. The highest BCUT2D eigenvalue weighted by molar-refractivity contribution is 7.99. The molecule has 2 aromatic heterocycles. The number of fused-ring (bicyclic) bond motifs is 1. The van der Waals surface area contributed by atoms with Crippen LogP contribution in [0.2, 0.25) is 0 Å². The van der Waals surface area contributed by atoms with E-state index in [1.165, 1.54) is 24.5 Å². The second kappa shape index (κ2) is 9.92. The summed E-state index contributed by atoms with van der Waals surface area (Å²) in [5.41, 5.74) is 6.08. The van der Waals surface area contributed by atoms with E-state index in [9.17, 15) is 18.0 Å². The number of nitrogen functional groups attached to an aromatic ring is 1. The summed E-state index contributed by atoms with van der Waals surface area (Å²) in [5.74, 6) is -0.222. The quantitative estimate of drug-likeness (QED) is 0.271. The Morgan fingerprint density at radius 2 is 2.00 bits per heavy atom. The van der Waals surface area contributed by atoms with Crippen LogP contribution in [0.1, 0.15) is 16.0 Å². The van der Waals surface area contributed by atoms with Crippen molar-refractivity contribution < 1.29 is 27.4 Å². The van der Waals surface area contributed by atoms with Crippen molar-refractivity contribution in [2.75, 3.05) is 37.1 Å². The smallest absolute Gasteiger partial charge is 0.416 e. The minimum Gasteiger partial charge on any atom is -0.489 e. The molecule has 0 unspecified atom stereocenters. The highest BCUT2D eigenvalue weighted by Crippen LogP contribution is 2.36. The number of rotatable bonds is 8. The summed E-state index contributed by atoms with van der Waals surface area (Å²) in [5, 5.41) is 3.58. The van der Waals surface area contributed by atoms with Crippen molar-refractivity contribution in [2.24, 2.45) is 0 Å². The van der Waals surface area contributed by atoms with E-state index in [2.05, 4.69) is 15.3 Å². The van der Waals surface area contributed by atoms with Crippen LogP contribution >= 0.6 is 23.1 Å². The van der Waals surface area contributed by atoms with Crippen LogP contribution in [0, 0.1) is 13.8 Å². The number of carbonyl (C=O) groups excluding carboxylic acids is 1. The fourth-order valence-corrected chi connectivity index (χ4v) is 4.55. The number of nitrogens with one attached hydrogen (secondary N) is 1. The Hall–Kier alpha value is -2.57. The maximum absolute atomic E-state index is 13.1. The summed E-state index contributed by atoms with van der Waals surface area (Å²) in [6.07, 6.45) is -4.56. The van der Waals surface area contributed by atoms with E-state index in [0.29, 0.717) is 11.0 Å². The van der Waals surface area contributed by atoms with Crippen molar-refractivity contribution in [2.45, 2.75) is 25.2 Å². The number of alkyl halides is 3. The van der Waals surface area contributed by atoms with Gasteiger partial charge in [0, 0.05) is 12.0 Å². The van der Waals surface area contributed by atoms with Crippen LogP contribution in [0.4, 0.5) is 24.7 Å². The zero-order valence-electron chi connectivity index (χ0n) is 17.5. The van der Waals surface area contributed by atoms with Gasteiger partial charge in [-0.1, -0.05) is 11.8 Å². The van der Waals surface area contributed by atoms with Crippen LogP contribution in [0.3, 0.4) is 0 Å². The third-order valence-corrected chi connectivity index (χ3v) is 6.44. The van der Waals surface area contributed by atoms with E-state index >= 15 is 0 Å². The van der Waals surface area contributed by atoms with E-state index in [1.807, 2.05) is 13.8 Å². The zero-order chi connectivity index (χ0) is 23.5. The summed E-state index contributed by atoms with van der Waals surface area (Å²) in [6.45, 7) is 4.26. The second-order valence-electron chi connectivity index (χ2n) is 6.74. The van der Waals surface area contributed by atoms with Gasteiger partial charge in [0.25, 0.3) is 0 Å². The summed E-state index contributed by atoms with van der Waals surface area (Å²) in [4.78, 5) is 22.9. The summed E-state index contributed by atoms with van der Waals surface area (Å²) >= 11 is 2.52. The molecule has 32 heavy (non-hydrogen) atoms. The van der Waals surface area contributed by atoms with Gasteiger partial charge in [-0.3, -0.25) is 4.79 Å². The maximum atomic E-state index is 13.1. The molecule has 0 spiro atoms. The lowest BCUT2D eigenvalue weighted by molar-refractivity contribution is -0.137. The molecule has 2 heterocycles. The molecule has 0 saturated carbocycles. The molecule has 3 aromatic rings. The highest BCUT2D eigenvalue weighted by Gasteiger charge is 2.31. The first-order valence-corrected chi connectivity index (χ1v) is 11.2. The number of nitrogens with two attached hydrogens (primary N) is 1. The Morgan fingerprint density at radius 1 is 1.25 bits per heavy atom. The lowest BCUT2D eigenvalue weighted by atomic mass is 10.1. The van der Waals surface area contributed by atoms with E-state index in [4.69, 9.17) is 15.2 Å². The van der Waals surface area contributed by atoms with Crippen LogP contribution in [-0.4, -0.2) is 42.0 Å². The van der Waals surface area contributed by atoms with Gasteiger partial charge in [0.1, 0.15) is 23.0 Å². The van der Waals surface area contributed by atoms with E-state index < -0.39 is 17.6 Å². The van der Waals surface area contributed by atoms with Gasteiger partial charge in [0.15, 0.2) is 5.16 Å². The number of thiophene rings is 1. The molecule has 3 rings (SSSR count). The van der Waals surface area contributed by atoms with Crippen LogP contribution in [-0.2, 0) is 15.7 Å². The van der Waals surface area contributed by atoms with Gasteiger partial charge in [-0.05, 0) is 37.6 Å². The first-order chi connectivity index (χ1) is 15.1. The number of benzene rings is 1. The SMILES string of the molecule is COCCOc1ccc(C(F)(F)F)cc1NC(=O)CSc1nc(N)c2c(C)c(C)sc2n1. The first-order valence-electron chi connectivity index (χ1n) is 9.39. The average molecular weight is 487 g/mol. The fraction of sp³-hybridized carbons (Fsp3) is 0.350.